The molecular weight excluding hydrogens is 290 g/mol. The Kier molecular flexibility index (Phi) is 5.29. The highest BCUT2D eigenvalue weighted by atomic mass is 16.3. The van der Waals surface area contributed by atoms with E-state index in [1.54, 1.807) is 24.7 Å². The lowest BCUT2D eigenvalue weighted by molar-refractivity contribution is 0.0947. The summed E-state index contributed by atoms with van der Waals surface area (Å²) in [6, 6.07) is 6.00. The molecule has 1 aliphatic rings. The van der Waals surface area contributed by atoms with E-state index in [9.17, 15) is 4.79 Å². The number of hydrogen-bond donors (Lipinski definition) is 2. The van der Waals surface area contributed by atoms with Crippen molar-refractivity contribution >= 4 is 11.6 Å². The smallest absolute Gasteiger partial charge is 0.253 e. The Morgan fingerprint density at radius 3 is 2.78 bits per heavy atom. The summed E-state index contributed by atoms with van der Waals surface area (Å²) in [5.41, 5.74) is 1.48. The van der Waals surface area contributed by atoms with Gasteiger partial charge in [0.25, 0.3) is 5.91 Å². The van der Waals surface area contributed by atoms with Crippen LogP contribution in [0.4, 0.5) is 5.69 Å². The SMILES string of the molecule is O=C(NCc1ccco1)c1cncc(NC2CCCCCC2)c1. The summed E-state index contributed by atoms with van der Waals surface area (Å²) in [4.78, 5) is 16.4. The van der Waals surface area contributed by atoms with E-state index in [1.165, 1.54) is 38.5 Å². The Bertz CT molecular complexity index is 617. The number of aromatic nitrogens is 1. The van der Waals surface area contributed by atoms with Crippen molar-refractivity contribution in [2.75, 3.05) is 5.32 Å². The van der Waals surface area contributed by atoms with Crippen molar-refractivity contribution in [1.82, 2.24) is 10.3 Å². The van der Waals surface area contributed by atoms with Crippen molar-refractivity contribution in [3.8, 4) is 0 Å². The van der Waals surface area contributed by atoms with E-state index in [0.717, 1.165) is 11.4 Å². The summed E-state index contributed by atoms with van der Waals surface area (Å²) in [6.07, 6.45) is 12.5. The molecule has 0 saturated heterocycles. The third-order valence-electron chi connectivity index (χ3n) is 4.23. The molecule has 0 radical (unpaired) electrons. The fourth-order valence-electron chi connectivity index (χ4n) is 2.99. The van der Waals surface area contributed by atoms with Gasteiger partial charge in [0.1, 0.15) is 5.76 Å². The largest absolute Gasteiger partial charge is 0.467 e. The van der Waals surface area contributed by atoms with Crippen LogP contribution in [0.2, 0.25) is 0 Å². The van der Waals surface area contributed by atoms with Crippen LogP contribution in [0.15, 0.2) is 41.3 Å². The highest BCUT2D eigenvalue weighted by Crippen LogP contribution is 2.21. The topological polar surface area (TPSA) is 67.2 Å². The molecule has 2 aromatic rings. The van der Waals surface area contributed by atoms with Gasteiger partial charge in [0.15, 0.2) is 0 Å². The minimum atomic E-state index is -0.140. The third kappa shape index (κ3) is 4.58. The van der Waals surface area contributed by atoms with Gasteiger partial charge in [-0.25, -0.2) is 0 Å². The van der Waals surface area contributed by atoms with E-state index in [0.29, 0.717) is 18.2 Å². The van der Waals surface area contributed by atoms with Crippen LogP contribution in [-0.2, 0) is 6.54 Å². The fraction of sp³-hybridized carbons (Fsp3) is 0.444. The van der Waals surface area contributed by atoms with E-state index in [4.69, 9.17) is 4.42 Å². The van der Waals surface area contributed by atoms with Crippen LogP contribution in [0.1, 0.15) is 54.6 Å². The lowest BCUT2D eigenvalue weighted by Gasteiger charge is -2.17. The molecule has 1 aliphatic carbocycles. The maximum Gasteiger partial charge on any atom is 0.253 e. The Morgan fingerprint density at radius 1 is 1.22 bits per heavy atom. The molecule has 0 spiro atoms. The molecule has 1 fully saturated rings. The molecule has 0 atom stereocenters. The highest BCUT2D eigenvalue weighted by Gasteiger charge is 2.13. The maximum absolute atomic E-state index is 12.2. The fourth-order valence-corrected chi connectivity index (χ4v) is 2.99. The van der Waals surface area contributed by atoms with Gasteiger partial charge in [-0.2, -0.15) is 0 Å². The second-order valence-electron chi connectivity index (χ2n) is 6.06. The number of carbonyl (C=O) groups is 1. The number of nitrogens with one attached hydrogen (secondary N) is 2. The van der Waals surface area contributed by atoms with Gasteiger partial charge < -0.3 is 15.1 Å². The molecule has 2 aromatic heterocycles. The van der Waals surface area contributed by atoms with Crippen molar-refractivity contribution < 1.29 is 9.21 Å². The van der Waals surface area contributed by atoms with Crippen LogP contribution < -0.4 is 10.6 Å². The lowest BCUT2D eigenvalue weighted by atomic mass is 10.1. The van der Waals surface area contributed by atoms with Crippen molar-refractivity contribution in [2.45, 2.75) is 51.1 Å². The summed E-state index contributed by atoms with van der Waals surface area (Å²) in [7, 11) is 0. The Balaban J connectivity index is 1.58. The zero-order chi connectivity index (χ0) is 15.9. The molecule has 5 nitrogen and oxygen atoms in total. The van der Waals surface area contributed by atoms with E-state index in [-0.39, 0.29) is 5.91 Å². The minimum Gasteiger partial charge on any atom is -0.467 e. The molecule has 1 saturated carbocycles. The van der Waals surface area contributed by atoms with Crippen molar-refractivity contribution in [2.24, 2.45) is 0 Å². The predicted molar refractivity (Wildman–Crippen MR) is 89.2 cm³/mol. The molecular formula is C18H23N3O2. The van der Waals surface area contributed by atoms with Crippen molar-refractivity contribution in [3.05, 3.63) is 48.2 Å². The summed E-state index contributed by atoms with van der Waals surface area (Å²) in [6.45, 7) is 0.381. The molecule has 2 N–H and O–H groups in total. The number of amides is 1. The minimum absolute atomic E-state index is 0.140. The molecule has 3 rings (SSSR count). The van der Waals surface area contributed by atoms with Gasteiger partial charge in [0.2, 0.25) is 0 Å². The van der Waals surface area contributed by atoms with Gasteiger partial charge in [0.05, 0.1) is 24.1 Å². The average Bonchev–Trinajstić information content (AvgIpc) is 2.97. The summed E-state index contributed by atoms with van der Waals surface area (Å²) in [5, 5.41) is 6.37. The van der Waals surface area contributed by atoms with Crippen LogP contribution in [0.3, 0.4) is 0 Å². The number of furan rings is 1. The first-order chi connectivity index (χ1) is 11.3. The number of anilines is 1. The molecule has 0 unspecified atom stereocenters. The van der Waals surface area contributed by atoms with Gasteiger partial charge in [0, 0.05) is 18.4 Å². The van der Waals surface area contributed by atoms with Gasteiger partial charge >= 0.3 is 0 Å². The van der Waals surface area contributed by atoms with Crippen molar-refractivity contribution in [1.29, 1.82) is 0 Å². The highest BCUT2D eigenvalue weighted by molar-refractivity contribution is 5.94. The number of pyridine rings is 1. The van der Waals surface area contributed by atoms with Gasteiger partial charge in [-0.15, -0.1) is 0 Å². The van der Waals surface area contributed by atoms with E-state index in [1.807, 2.05) is 12.1 Å². The predicted octanol–water partition coefficient (Wildman–Crippen LogP) is 3.74. The third-order valence-corrected chi connectivity index (χ3v) is 4.23. The number of carbonyl (C=O) groups excluding carboxylic acids is 1. The van der Waals surface area contributed by atoms with Gasteiger partial charge in [-0.3, -0.25) is 9.78 Å². The first-order valence-electron chi connectivity index (χ1n) is 8.33. The standard InChI is InChI=1S/C18H23N3O2/c22-18(20-13-17-8-5-9-23-17)14-10-16(12-19-11-14)21-15-6-3-1-2-4-7-15/h5,8-12,15,21H,1-4,6-7,13H2,(H,20,22). The monoisotopic (exact) mass is 313 g/mol. The average molecular weight is 313 g/mol. The van der Waals surface area contributed by atoms with Crippen LogP contribution in [0.25, 0.3) is 0 Å². The van der Waals surface area contributed by atoms with Crippen molar-refractivity contribution in [3.63, 3.8) is 0 Å². The van der Waals surface area contributed by atoms with Crippen LogP contribution in [-0.4, -0.2) is 16.9 Å². The van der Waals surface area contributed by atoms with E-state index >= 15 is 0 Å². The normalized spacial score (nSPS) is 15.8. The molecule has 1 amide bonds. The molecule has 23 heavy (non-hydrogen) atoms. The Morgan fingerprint density at radius 2 is 2.04 bits per heavy atom. The van der Waals surface area contributed by atoms with Crippen LogP contribution in [0, 0.1) is 0 Å². The quantitative estimate of drug-likeness (QED) is 0.825. The molecule has 0 aromatic carbocycles. The summed E-state index contributed by atoms with van der Waals surface area (Å²) in [5.74, 6) is 0.595. The Labute approximate surface area is 136 Å². The molecule has 0 aliphatic heterocycles. The van der Waals surface area contributed by atoms with Crippen LogP contribution in [0.5, 0.6) is 0 Å². The lowest BCUT2D eigenvalue weighted by Crippen LogP contribution is -2.23. The maximum atomic E-state index is 12.2. The van der Waals surface area contributed by atoms with E-state index in [2.05, 4.69) is 15.6 Å². The first-order valence-corrected chi connectivity index (χ1v) is 8.33. The van der Waals surface area contributed by atoms with Gasteiger partial charge in [-0.05, 0) is 31.0 Å². The number of rotatable bonds is 5. The second-order valence-corrected chi connectivity index (χ2v) is 6.06. The van der Waals surface area contributed by atoms with E-state index < -0.39 is 0 Å². The Hall–Kier alpha value is -2.30. The molecule has 0 bridgehead atoms. The molecule has 5 heteroatoms. The zero-order valence-electron chi connectivity index (χ0n) is 13.3. The molecule has 2 heterocycles. The van der Waals surface area contributed by atoms with Crippen LogP contribution >= 0.6 is 0 Å². The number of nitrogens with zero attached hydrogens (tertiary/aromatic N) is 1. The van der Waals surface area contributed by atoms with Gasteiger partial charge in [-0.1, -0.05) is 25.7 Å². The second kappa shape index (κ2) is 7.81. The summed E-state index contributed by atoms with van der Waals surface area (Å²) >= 11 is 0. The number of hydrogen-bond acceptors (Lipinski definition) is 4. The molecule has 122 valence electrons. The zero-order valence-corrected chi connectivity index (χ0v) is 13.3. The summed E-state index contributed by atoms with van der Waals surface area (Å²) < 4.78 is 5.21. The first kappa shape index (κ1) is 15.6.